The molecule has 2 heterocycles. The highest BCUT2D eigenvalue weighted by Gasteiger charge is 2.12. The van der Waals surface area contributed by atoms with Gasteiger partial charge in [-0.05, 0) is 19.1 Å². The molecule has 0 saturated heterocycles. The van der Waals surface area contributed by atoms with Gasteiger partial charge >= 0.3 is 0 Å². The van der Waals surface area contributed by atoms with Gasteiger partial charge in [-0.1, -0.05) is 5.16 Å². The summed E-state index contributed by atoms with van der Waals surface area (Å²) >= 11 is 0. The van der Waals surface area contributed by atoms with Gasteiger partial charge in [0.05, 0.1) is 12.1 Å². The zero-order valence-electron chi connectivity index (χ0n) is 8.98. The summed E-state index contributed by atoms with van der Waals surface area (Å²) in [5, 5.41) is 6.02. The molecule has 0 saturated carbocycles. The minimum Gasteiger partial charge on any atom is -0.343 e. The van der Waals surface area contributed by atoms with Gasteiger partial charge in [0.25, 0.3) is 5.91 Å². The van der Waals surface area contributed by atoms with Crippen molar-refractivity contribution in [2.75, 3.05) is 0 Å². The highest BCUT2D eigenvalue weighted by atomic mass is 19.1. The van der Waals surface area contributed by atoms with Crippen molar-refractivity contribution in [1.82, 2.24) is 20.4 Å². The summed E-state index contributed by atoms with van der Waals surface area (Å²) in [4.78, 5) is 18.8. The number of hydrogen-bond donors (Lipinski definition) is 1. The van der Waals surface area contributed by atoms with Gasteiger partial charge < -0.3 is 9.84 Å². The maximum Gasteiger partial charge on any atom is 0.256 e. The largest absolute Gasteiger partial charge is 0.343 e. The van der Waals surface area contributed by atoms with Crippen molar-refractivity contribution in [1.29, 1.82) is 0 Å². The fourth-order valence-electron chi connectivity index (χ4n) is 1.22. The third-order valence-corrected chi connectivity index (χ3v) is 1.97. The molecule has 2 aromatic rings. The van der Waals surface area contributed by atoms with Gasteiger partial charge in [-0.25, -0.2) is 4.98 Å². The predicted molar refractivity (Wildman–Crippen MR) is 54.4 cm³/mol. The number of aryl methyl sites for hydroxylation is 1. The topological polar surface area (TPSA) is 80.9 Å². The van der Waals surface area contributed by atoms with E-state index in [2.05, 4.69) is 20.4 Å². The lowest BCUT2D eigenvalue weighted by atomic mass is 10.2. The molecular weight excluding hydrogens is 227 g/mol. The number of carbonyl (C=O) groups excluding carboxylic acids is 1. The first-order valence-corrected chi connectivity index (χ1v) is 4.84. The van der Waals surface area contributed by atoms with E-state index in [0.717, 1.165) is 0 Å². The molecule has 0 atom stereocenters. The molecular formula is C10H9FN4O2. The van der Waals surface area contributed by atoms with Crippen LogP contribution in [0.3, 0.4) is 0 Å². The van der Waals surface area contributed by atoms with Gasteiger partial charge in [0.2, 0.25) is 11.8 Å². The number of nitrogens with one attached hydrogen (secondary N) is 1. The van der Waals surface area contributed by atoms with Crippen LogP contribution < -0.4 is 5.32 Å². The summed E-state index contributed by atoms with van der Waals surface area (Å²) in [7, 11) is 0. The van der Waals surface area contributed by atoms with Crippen molar-refractivity contribution < 1.29 is 13.7 Å². The Morgan fingerprint density at radius 2 is 2.41 bits per heavy atom. The molecule has 0 fully saturated rings. The Kier molecular flexibility index (Phi) is 3.08. The highest BCUT2D eigenvalue weighted by molar-refractivity contribution is 5.93. The van der Waals surface area contributed by atoms with Crippen LogP contribution in [0.25, 0.3) is 0 Å². The number of rotatable bonds is 3. The van der Waals surface area contributed by atoms with Crippen LogP contribution in [0.4, 0.5) is 4.39 Å². The normalized spacial score (nSPS) is 10.2. The molecule has 7 heteroatoms. The van der Waals surface area contributed by atoms with E-state index in [4.69, 9.17) is 4.52 Å². The molecule has 6 nitrogen and oxygen atoms in total. The Hall–Kier alpha value is -2.31. The Morgan fingerprint density at radius 3 is 3.06 bits per heavy atom. The molecule has 1 amide bonds. The average Bonchev–Trinajstić information content (AvgIpc) is 2.73. The first kappa shape index (κ1) is 11.2. The van der Waals surface area contributed by atoms with Crippen LogP contribution in [0.15, 0.2) is 22.9 Å². The van der Waals surface area contributed by atoms with Crippen molar-refractivity contribution in [2.24, 2.45) is 0 Å². The number of amides is 1. The van der Waals surface area contributed by atoms with Crippen LogP contribution in [-0.4, -0.2) is 21.0 Å². The highest BCUT2D eigenvalue weighted by Crippen LogP contribution is 2.03. The van der Waals surface area contributed by atoms with Crippen molar-refractivity contribution in [3.8, 4) is 0 Å². The molecule has 0 aromatic carbocycles. The molecule has 0 aliphatic heterocycles. The molecule has 1 N–H and O–H groups in total. The van der Waals surface area contributed by atoms with E-state index in [1.807, 2.05) is 0 Å². The first-order valence-electron chi connectivity index (χ1n) is 4.84. The Morgan fingerprint density at radius 1 is 1.59 bits per heavy atom. The van der Waals surface area contributed by atoms with Crippen LogP contribution in [0.5, 0.6) is 0 Å². The molecule has 88 valence electrons. The van der Waals surface area contributed by atoms with Crippen LogP contribution in [0.2, 0.25) is 0 Å². The molecule has 0 radical (unpaired) electrons. The van der Waals surface area contributed by atoms with E-state index in [0.29, 0.717) is 5.82 Å². The lowest BCUT2D eigenvalue weighted by Gasteiger charge is -2.02. The van der Waals surface area contributed by atoms with E-state index in [9.17, 15) is 9.18 Å². The number of pyridine rings is 1. The Bertz CT molecular complexity index is 541. The van der Waals surface area contributed by atoms with E-state index >= 15 is 0 Å². The van der Waals surface area contributed by atoms with Crippen LogP contribution in [-0.2, 0) is 6.54 Å². The number of halogens is 1. The van der Waals surface area contributed by atoms with Crippen molar-refractivity contribution >= 4 is 5.91 Å². The van der Waals surface area contributed by atoms with E-state index in [-0.39, 0.29) is 18.0 Å². The van der Waals surface area contributed by atoms with Gasteiger partial charge in [-0.15, -0.1) is 0 Å². The molecule has 0 aliphatic carbocycles. The van der Waals surface area contributed by atoms with Crippen LogP contribution in [0.1, 0.15) is 22.1 Å². The lowest BCUT2D eigenvalue weighted by Crippen LogP contribution is -2.24. The molecule has 0 unspecified atom stereocenters. The fourth-order valence-corrected chi connectivity index (χ4v) is 1.22. The second-order valence-electron chi connectivity index (χ2n) is 3.26. The number of aromatic nitrogens is 3. The predicted octanol–water partition coefficient (Wildman–Crippen LogP) is 0.842. The second kappa shape index (κ2) is 4.69. The number of hydrogen-bond acceptors (Lipinski definition) is 5. The molecule has 2 rings (SSSR count). The van der Waals surface area contributed by atoms with Crippen LogP contribution >= 0.6 is 0 Å². The SMILES string of the molecule is Cc1noc(CNC(=O)c2cccnc2F)n1. The third-order valence-electron chi connectivity index (χ3n) is 1.97. The lowest BCUT2D eigenvalue weighted by molar-refractivity contribution is 0.0941. The van der Waals surface area contributed by atoms with Gasteiger partial charge in [-0.3, -0.25) is 4.79 Å². The molecule has 0 aliphatic rings. The Balaban J connectivity index is 2.01. The van der Waals surface area contributed by atoms with Gasteiger partial charge in [0, 0.05) is 6.20 Å². The fraction of sp³-hybridized carbons (Fsp3) is 0.200. The zero-order chi connectivity index (χ0) is 12.3. The summed E-state index contributed by atoms with van der Waals surface area (Å²) in [5.74, 6) is -0.653. The van der Waals surface area contributed by atoms with Crippen molar-refractivity contribution in [3.05, 3.63) is 41.6 Å². The van der Waals surface area contributed by atoms with E-state index in [1.54, 1.807) is 6.92 Å². The summed E-state index contributed by atoms with van der Waals surface area (Å²) < 4.78 is 17.9. The van der Waals surface area contributed by atoms with Gasteiger partial charge in [0.15, 0.2) is 5.82 Å². The van der Waals surface area contributed by atoms with Gasteiger partial charge in [-0.2, -0.15) is 9.37 Å². The monoisotopic (exact) mass is 236 g/mol. The maximum atomic E-state index is 13.1. The van der Waals surface area contributed by atoms with E-state index in [1.165, 1.54) is 18.3 Å². The van der Waals surface area contributed by atoms with Crippen molar-refractivity contribution in [2.45, 2.75) is 13.5 Å². The zero-order valence-corrected chi connectivity index (χ0v) is 8.98. The minimum absolute atomic E-state index is 0.0496. The van der Waals surface area contributed by atoms with Crippen molar-refractivity contribution in [3.63, 3.8) is 0 Å². The number of carbonyl (C=O) groups is 1. The Labute approximate surface area is 95.9 Å². The first-order chi connectivity index (χ1) is 8.16. The number of nitrogens with zero attached hydrogens (tertiary/aromatic N) is 3. The van der Waals surface area contributed by atoms with Gasteiger partial charge in [0.1, 0.15) is 0 Å². The maximum absolute atomic E-state index is 13.1. The average molecular weight is 236 g/mol. The second-order valence-corrected chi connectivity index (χ2v) is 3.26. The smallest absolute Gasteiger partial charge is 0.256 e. The summed E-state index contributed by atoms with van der Waals surface area (Å²) in [6.45, 7) is 1.71. The standard InChI is InChI=1S/C10H9FN4O2/c1-6-14-8(17-15-6)5-13-10(16)7-3-2-4-12-9(7)11/h2-4H,5H2,1H3,(H,13,16). The summed E-state index contributed by atoms with van der Waals surface area (Å²) in [6, 6.07) is 2.82. The summed E-state index contributed by atoms with van der Waals surface area (Å²) in [6.07, 6.45) is 1.27. The molecule has 17 heavy (non-hydrogen) atoms. The quantitative estimate of drug-likeness (QED) is 0.799. The molecule has 0 bridgehead atoms. The summed E-state index contributed by atoms with van der Waals surface area (Å²) in [5.41, 5.74) is -0.122. The molecule has 0 spiro atoms. The van der Waals surface area contributed by atoms with E-state index < -0.39 is 11.9 Å². The minimum atomic E-state index is -0.813. The third kappa shape index (κ3) is 2.63. The molecule has 2 aromatic heterocycles. The van der Waals surface area contributed by atoms with Crippen LogP contribution in [0, 0.1) is 12.9 Å².